The molecule has 1 aromatic carbocycles. The molecule has 1 atom stereocenters. The highest BCUT2D eigenvalue weighted by Gasteiger charge is 2.18. The molecule has 0 aliphatic carbocycles. The standard InChI is InChI=1S/C15H18N4O2S/c1-11(22-15-16-8-9-19(15)2)13(20)18-14(21)17-10-12-6-4-3-5-7-12/h3-9,11H,10H2,1-2H3,(H2,17,18,20,21)/t11-/m0/s1. The number of rotatable bonds is 5. The normalized spacial score (nSPS) is 11.7. The van der Waals surface area contributed by atoms with Crippen LogP contribution in [0.5, 0.6) is 0 Å². The first-order chi connectivity index (χ1) is 10.6. The van der Waals surface area contributed by atoms with Crippen LogP contribution in [0.2, 0.25) is 0 Å². The molecular weight excluding hydrogens is 300 g/mol. The van der Waals surface area contributed by atoms with Gasteiger partial charge in [0.05, 0.1) is 5.25 Å². The molecule has 0 saturated carbocycles. The van der Waals surface area contributed by atoms with E-state index in [2.05, 4.69) is 15.6 Å². The number of thioether (sulfide) groups is 1. The van der Waals surface area contributed by atoms with E-state index < -0.39 is 11.3 Å². The Labute approximate surface area is 133 Å². The Morgan fingerprint density at radius 3 is 2.68 bits per heavy atom. The maximum Gasteiger partial charge on any atom is 0.321 e. The molecule has 1 aromatic heterocycles. The van der Waals surface area contributed by atoms with E-state index >= 15 is 0 Å². The number of nitrogens with one attached hydrogen (secondary N) is 2. The van der Waals surface area contributed by atoms with Gasteiger partial charge in [-0.15, -0.1) is 0 Å². The van der Waals surface area contributed by atoms with E-state index in [-0.39, 0.29) is 5.91 Å². The molecule has 0 fully saturated rings. The topological polar surface area (TPSA) is 76.0 Å². The number of benzene rings is 1. The van der Waals surface area contributed by atoms with E-state index in [1.165, 1.54) is 11.8 Å². The Bertz CT molecular complexity index is 642. The van der Waals surface area contributed by atoms with Crippen molar-refractivity contribution in [3.63, 3.8) is 0 Å². The van der Waals surface area contributed by atoms with Crippen molar-refractivity contribution in [2.45, 2.75) is 23.9 Å². The number of nitrogens with zero attached hydrogens (tertiary/aromatic N) is 2. The van der Waals surface area contributed by atoms with Gasteiger partial charge in [-0.3, -0.25) is 10.1 Å². The van der Waals surface area contributed by atoms with Crippen LogP contribution < -0.4 is 10.6 Å². The summed E-state index contributed by atoms with van der Waals surface area (Å²) in [4.78, 5) is 27.8. The lowest BCUT2D eigenvalue weighted by Crippen LogP contribution is -2.42. The molecule has 2 rings (SSSR count). The molecule has 6 nitrogen and oxygen atoms in total. The number of carbonyl (C=O) groups is 2. The first-order valence-corrected chi connectivity index (χ1v) is 7.71. The summed E-state index contributed by atoms with van der Waals surface area (Å²) in [5, 5.41) is 5.30. The smallest absolute Gasteiger partial charge is 0.321 e. The second-order valence-electron chi connectivity index (χ2n) is 4.74. The highest BCUT2D eigenvalue weighted by molar-refractivity contribution is 8.00. The van der Waals surface area contributed by atoms with Crippen LogP contribution in [0, 0.1) is 0 Å². The minimum atomic E-state index is -0.499. The minimum Gasteiger partial charge on any atom is -0.334 e. The van der Waals surface area contributed by atoms with Crippen molar-refractivity contribution in [1.82, 2.24) is 20.2 Å². The number of aryl methyl sites for hydroxylation is 1. The summed E-state index contributed by atoms with van der Waals surface area (Å²) in [5.74, 6) is -0.349. The monoisotopic (exact) mass is 318 g/mol. The zero-order valence-electron chi connectivity index (χ0n) is 12.4. The van der Waals surface area contributed by atoms with Crippen LogP contribution in [-0.2, 0) is 18.4 Å². The molecule has 0 aliphatic rings. The van der Waals surface area contributed by atoms with Gasteiger partial charge in [0.2, 0.25) is 5.91 Å². The lowest BCUT2D eigenvalue weighted by Gasteiger charge is -2.11. The van der Waals surface area contributed by atoms with Crippen molar-refractivity contribution in [2.24, 2.45) is 7.05 Å². The second kappa shape index (κ2) is 7.65. The summed E-state index contributed by atoms with van der Waals surface area (Å²) < 4.78 is 1.82. The first-order valence-electron chi connectivity index (χ1n) is 6.83. The number of hydrogen-bond acceptors (Lipinski definition) is 4. The quantitative estimate of drug-likeness (QED) is 0.826. The molecule has 0 aliphatic heterocycles. The molecule has 0 saturated heterocycles. The molecule has 7 heteroatoms. The molecule has 2 aromatic rings. The number of amides is 3. The Hall–Kier alpha value is -2.28. The van der Waals surface area contributed by atoms with Crippen molar-refractivity contribution < 1.29 is 9.59 Å². The van der Waals surface area contributed by atoms with Gasteiger partial charge in [0, 0.05) is 26.0 Å². The molecule has 0 bridgehead atoms. The first kappa shape index (κ1) is 16.1. The third-order valence-corrected chi connectivity index (χ3v) is 4.13. The summed E-state index contributed by atoms with van der Waals surface area (Å²) >= 11 is 1.30. The molecule has 2 N–H and O–H groups in total. The van der Waals surface area contributed by atoms with Crippen LogP contribution in [0.4, 0.5) is 4.79 Å². The zero-order valence-corrected chi connectivity index (χ0v) is 13.3. The number of imide groups is 1. The summed E-state index contributed by atoms with van der Waals surface area (Å²) in [6, 6.07) is 9.01. The third-order valence-electron chi connectivity index (χ3n) is 2.96. The molecule has 0 spiro atoms. The maximum absolute atomic E-state index is 12.0. The van der Waals surface area contributed by atoms with Crippen LogP contribution in [0.25, 0.3) is 0 Å². The lowest BCUT2D eigenvalue weighted by molar-refractivity contribution is -0.119. The number of imidazole rings is 1. The van der Waals surface area contributed by atoms with Gasteiger partial charge in [-0.2, -0.15) is 0 Å². The fourth-order valence-electron chi connectivity index (χ4n) is 1.71. The van der Waals surface area contributed by atoms with Gasteiger partial charge in [-0.1, -0.05) is 42.1 Å². The number of hydrogen-bond donors (Lipinski definition) is 2. The van der Waals surface area contributed by atoms with Crippen LogP contribution in [-0.4, -0.2) is 26.7 Å². The summed E-state index contributed by atoms with van der Waals surface area (Å²) in [5.41, 5.74) is 0.973. The van der Waals surface area contributed by atoms with Crippen LogP contribution in [0.15, 0.2) is 47.9 Å². The van der Waals surface area contributed by atoms with Gasteiger partial charge in [0.15, 0.2) is 5.16 Å². The minimum absolute atomic E-state index is 0.349. The lowest BCUT2D eigenvalue weighted by atomic mass is 10.2. The van der Waals surface area contributed by atoms with Crippen LogP contribution >= 0.6 is 11.8 Å². The Balaban J connectivity index is 1.78. The maximum atomic E-state index is 12.0. The summed E-state index contributed by atoms with van der Waals surface area (Å²) in [6.07, 6.45) is 3.47. The van der Waals surface area contributed by atoms with E-state index in [4.69, 9.17) is 0 Å². The highest BCUT2D eigenvalue weighted by atomic mass is 32.2. The van der Waals surface area contributed by atoms with Crippen molar-refractivity contribution in [2.75, 3.05) is 0 Å². The molecule has 22 heavy (non-hydrogen) atoms. The van der Waals surface area contributed by atoms with Gasteiger partial charge < -0.3 is 9.88 Å². The van der Waals surface area contributed by atoms with Crippen molar-refractivity contribution >= 4 is 23.7 Å². The van der Waals surface area contributed by atoms with Crippen molar-refractivity contribution in [3.05, 3.63) is 48.3 Å². The molecule has 0 unspecified atom stereocenters. The highest BCUT2D eigenvalue weighted by Crippen LogP contribution is 2.20. The largest absolute Gasteiger partial charge is 0.334 e. The van der Waals surface area contributed by atoms with Crippen molar-refractivity contribution in [1.29, 1.82) is 0 Å². The van der Waals surface area contributed by atoms with Gasteiger partial charge in [-0.05, 0) is 12.5 Å². The van der Waals surface area contributed by atoms with E-state index in [1.54, 1.807) is 19.3 Å². The van der Waals surface area contributed by atoms with Gasteiger partial charge in [0.25, 0.3) is 0 Å². The fraction of sp³-hybridized carbons (Fsp3) is 0.267. The predicted octanol–water partition coefficient (Wildman–Crippen LogP) is 1.93. The van der Waals surface area contributed by atoms with Crippen LogP contribution in [0.3, 0.4) is 0 Å². The van der Waals surface area contributed by atoms with E-state index in [0.717, 1.165) is 10.7 Å². The molecule has 3 amide bonds. The predicted molar refractivity (Wildman–Crippen MR) is 85.3 cm³/mol. The van der Waals surface area contributed by atoms with Crippen molar-refractivity contribution in [3.8, 4) is 0 Å². The summed E-state index contributed by atoms with van der Waals surface area (Å²) in [7, 11) is 1.85. The summed E-state index contributed by atoms with van der Waals surface area (Å²) in [6.45, 7) is 2.11. The van der Waals surface area contributed by atoms with Crippen LogP contribution in [0.1, 0.15) is 12.5 Å². The van der Waals surface area contributed by atoms with Gasteiger partial charge in [-0.25, -0.2) is 9.78 Å². The number of carbonyl (C=O) groups excluding carboxylic acids is 2. The third kappa shape index (κ3) is 4.63. The average molecular weight is 318 g/mol. The molecule has 1 heterocycles. The van der Waals surface area contributed by atoms with E-state index in [0.29, 0.717) is 6.54 Å². The Morgan fingerprint density at radius 1 is 1.32 bits per heavy atom. The Kier molecular flexibility index (Phi) is 5.60. The second-order valence-corrected chi connectivity index (χ2v) is 6.05. The Morgan fingerprint density at radius 2 is 2.05 bits per heavy atom. The average Bonchev–Trinajstić information content (AvgIpc) is 2.91. The number of aromatic nitrogens is 2. The van der Waals surface area contributed by atoms with E-state index in [1.807, 2.05) is 41.9 Å². The molecule has 0 radical (unpaired) electrons. The number of urea groups is 1. The SMILES string of the molecule is C[C@H](Sc1nccn1C)C(=O)NC(=O)NCc1ccccc1. The van der Waals surface area contributed by atoms with Gasteiger partial charge in [0.1, 0.15) is 0 Å². The van der Waals surface area contributed by atoms with E-state index in [9.17, 15) is 9.59 Å². The zero-order chi connectivity index (χ0) is 15.9. The molecule has 116 valence electrons. The fourth-order valence-corrected chi connectivity index (χ4v) is 2.54. The molecular formula is C15H18N4O2S. The van der Waals surface area contributed by atoms with Gasteiger partial charge >= 0.3 is 6.03 Å².